The zero-order valence-electron chi connectivity index (χ0n) is 11.1. The standard InChI is InChI=1S/C15H20N2O/c1-17(12-3-4-12)8-7-11-10-16-15-6-5-13(18-2)9-14(11)15/h5-6,9-10,12,16H,3-4,7-8H2,1-2H3. The van der Waals surface area contributed by atoms with Crippen molar-refractivity contribution in [2.45, 2.75) is 25.3 Å². The number of benzene rings is 1. The Balaban J connectivity index is 1.77. The number of likely N-dealkylation sites (N-methyl/N-ethyl adjacent to an activating group) is 1. The van der Waals surface area contributed by atoms with E-state index in [4.69, 9.17) is 4.74 Å². The van der Waals surface area contributed by atoms with Crippen LogP contribution in [0.1, 0.15) is 18.4 Å². The molecule has 0 unspecified atom stereocenters. The summed E-state index contributed by atoms with van der Waals surface area (Å²) in [6, 6.07) is 7.05. The molecule has 1 aliphatic rings. The summed E-state index contributed by atoms with van der Waals surface area (Å²) in [6.07, 6.45) is 5.97. The lowest BCUT2D eigenvalue weighted by atomic mass is 10.1. The van der Waals surface area contributed by atoms with Crippen LogP contribution in [0.3, 0.4) is 0 Å². The van der Waals surface area contributed by atoms with Crippen LogP contribution in [0.2, 0.25) is 0 Å². The number of ether oxygens (including phenoxy) is 1. The SMILES string of the molecule is COc1ccc2[nH]cc(CCN(C)C3CC3)c2c1. The van der Waals surface area contributed by atoms with E-state index in [0.717, 1.165) is 24.8 Å². The first-order valence-corrected chi connectivity index (χ1v) is 6.62. The Kier molecular flexibility index (Phi) is 3.00. The molecule has 2 aromatic rings. The Morgan fingerprint density at radius 2 is 2.22 bits per heavy atom. The molecule has 18 heavy (non-hydrogen) atoms. The zero-order chi connectivity index (χ0) is 12.5. The van der Waals surface area contributed by atoms with E-state index < -0.39 is 0 Å². The summed E-state index contributed by atoms with van der Waals surface area (Å²) >= 11 is 0. The van der Waals surface area contributed by atoms with E-state index in [1.54, 1.807) is 7.11 Å². The van der Waals surface area contributed by atoms with Gasteiger partial charge in [0.2, 0.25) is 0 Å². The summed E-state index contributed by atoms with van der Waals surface area (Å²) in [6.45, 7) is 1.13. The molecule has 1 saturated carbocycles. The third kappa shape index (κ3) is 2.23. The highest BCUT2D eigenvalue weighted by molar-refractivity contribution is 5.84. The second-order valence-corrected chi connectivity index (χ2v) is 5.19. The van der Waals surface area contributed by atoms with E-state index in [2.05, 4.69) is 35.3 Å². The minimum Gasteiger partial charge on any atom is -0.497 e. The van der Waals surface area contributed by atoms with Crippen LogP contribution in [0.25, 0.3) is 10.9 Å². The Hall–Kier alpha value is -1.48. The normalized spacial score (nSPS) is 15.5. The molecule has 1 aromatic carbocycles. The predicted octanol–water partition coefficient (Wildman–Crippen LogP) is 2.81. The molecule has 0 amide bonds. The van der Waals surface area contributed by atoms with Crippen LogP contribution in [0.4, 0.5) is 0 Å². The number of hydrogen-bond donors (Lipinski definition) is 1. The fourth-order valence-electron chi connectivity index (χ4n) is 2.49. The fourth-order valence-corrected chi connectivity index (χ4v) is 2.49. The number of rotatable bonds is 5. The topological polar surface area (TPSA) is 28.3 Å². The van der Waals surface area contributed by atoms with Crippen LogP contribution in [-0.2, 0) is 6.42 Å². The van der Waals surface area contributed by atoms with E-state index >= 15 is 0 Å². The average molecular weight is 244 g/mol. The summed E-state index contributed by atoms with van der Waals surface area (Å²) < 4.78 is 5.30. The van der Waals surface area contributed by atoms with Gasteiger partial charge in [0.25, 0.3) is 0 Å². The van der Waals surface area contributed by atoms with Gasteiger partial charge in [-0.2, -0.15) is 0 Å². The van der Waals surface area contributed by atoms with E-state index in [9.17, 15) is 0 Å². The highest BCUT2D eigenvalue weighted by Crippen LogP contribution is 2.27. The number of hydrogen-bond acceptors (Lipinski definition) is 2. The minimum atomic E-state index is 0.838. The van der Waals surface area contributed by atoms with E-state index in [0.29, 0.717) is 0 Å². The molecule has 3 heteroatoms. The van der Waals surface area contributed by atoms with Crippen LogP contribution >= 0.6 is 0 Å². The van der Waals surface area contributed by atoms with Crippen LogP contribution in [0.15, 0.2) is 24.4 Å². The highest BCUT2D eigenvalue weighted by atomic mass is 16.5. The lowest BCUT2D eigenvalue weighted by molar-refractivity contribution is 0.329. The molecule has 0 atom stereocenters. The molecular weight excluding hydrogens is 224 g/mol. The second-order valence-electron chi connectivity index (χ2n) is 5.19. The number of methoxy groups -OCH3 is 1. The van der Waals surface area contributed by atoms with Crippen LogP contribution in [-0.4, -0.2) is 36.6 Å². The molecule has 0 aliphatic heterocycles. The highest BCUT2D eigenvalue weighted by Gasteiger charge is 2.25. The largest absolute Gasteiger partial charge is 0.497 e. The molecule has 1 fully saturated rings. The maximum absolute atomic E-state index is 5.30. The summed E-state index contributed by atoms with van der Waals surface area (Å²) in [5, 5.41) is 1.29. The number of aromatic amines is 1. The molecule has 0 bridgehead atoms. The van der Waals surface area contributed by atoms with Crippen LogP contribution in [0.5, 0.6) is 5.75 Å². The van der Waals surface area contributed by atoms with E-state index in [1.165, 1.54) is 29.3 Å². The molecule has 96 valence electrons. The van der Waals surface area contributed by atoms with Crippen molar-refractivity contribution >= 4 is 10.9 Å². The van der Waals surface area contributed by atoms with Gasteiger partial charge in [0.1, 0.15) is 5.75 Å². The van der Waals surface area contributed by atoms with Gasteiger partial charge in [-0.05, 0) is 50.1 Å². The summed E-state index contributed by atoms with van der Waals surface area (Å²) in [5.41, 5.74) is 2.58. The molecule has 3 nitrogen and oxygen atoms in total. The summed E-state index contributed by atoms with van der Waals surface area (Å²) in [7, 11) is 3.95. The molecule has 1 aliphatic carbocycles. The van der Waals surface area contributed by atoms with Crippen molar-refractivity contribution in [2.75, 3.05) is 20.7 Å². The monoisotopic (exact) mass is 244 g/mol. The fraction of sp³-hybridized carbons (Fsp3) is 0.467. The lowest BCUT2D eigenvalue weighted by Crippen LogP contribution is -2.23. The molecule has 0 radical (unpaired) electrons. The van der Waals surface area contributed by atoms with E-state index in [-0.39, 0.29) is 0 Å². The third-order valence-electron chi connectivity index (χ3n) is 3.88. The molecule has 1 aromatic heterocycles. The van der Waals surface area contributed by atoms with Crippen molar-refractivity contribution in [1.29, 1.82) is 0 Å². The van der Waals surface area contributed by atoms with Gasteiger partial charge in [-0.1, -0.05) is 0 Å². The Labute approximate surface area is 108 Å². The van der Waals surface area contributed by atoms with Crippen molar-refractivity contribution < 1.29 is 4.74 Å². The van der Waals surface area contributed by atoms with Crippen molar-refractivity contribution in [3.05, 3.63) is 30.0 Å². The Morgan fingerprint density at radius 1 is 1.39 bits per heavy atom. The number of H-pyrrole nitrogens is 1. The molecule has 3 rings (SSSR count). The molecule has 1 N–H and O–H groups in total. The Morgan fingerprint density at radius 3 is 2.94 bits per heavy atom. The summed E-state index contributed by atoms with van der Waals surface area (Å²) in [4.78, 5) is 5.81. The van der Waals surface area contributed by atoms with Crippen molar-refractivity contribution in [2.24, 2.45) is 0 Å². The Bertz CT molecular complexity index is 542. The molecule has 0 spiro atoms. The molecule has 1 heterocycles. The number of aromatic nitrogens is 1. The third-order valence-corrected chi connectivity index (χ3v) is 3.88. The number of nitrogens with one attached hydrogen (secondary N) is 1. The van der Waals surface area contributed by atoms with Gasteiger partial charge >= 0.3 is 0 Å². The smallest absolute Gasteiger partial charge is 0.119 e. The molecule has 0 saturated heterocycles. The van der Waals surface area contributed by atoms with Gasteiger partial charge in [0, 0.05) is 29.7 Å². The molecular formula is C15H20N2O. The lowest BCUT2D eigenvalue weighted by Gasteiger charge is -2.14. The van der Waals surface area contributed by atoms with Crippen molar-refractivity contribution in [3.8, 4) is 5.75 Å². The minimum absolute atomic E-state index is 0.838. The van der Waals surface area contributed by atoms with Gasteiger partial charge in [-0.15, -0.1) is 0 Å². The van der Waals surface area contributed by atoms with Crippen molar-refractivity contribution in [1.82, 2.24) is 9.88 Å². The van der Waals surface area contributed by atoms with Gasteiger partial charge in [-0.3, -0.25) is 0 Å². The predicted molar refractivity (Wildman–Crippen MR) is 74.2 cm³/mol. The van der Waals surface area contributed by atoms with Gasteiger partial charge in [0.05, 0.1) is 7.11 Å². The van der Waals surface area contributed by atoms with Gasteiger partial charge < -0.3 is 14.6 Å². The van der Waals surface area contributed by atoms with Gasteiger partial charge in [0.15, 0.2) is 0 Å². The maximum Gasteiger partial charge on any atom is 0.119 e. The van der Waals surface area contributed by atoms with Crippen LogP contribution < -0.4 is 4.74 Å². The zero-order valence-corrected chi connectivity index (χ0v) is 11.1. The first-order valence-electron chi connectivity index (χ1n) is 6.62. The van der Waals surface area contributed by atoms with Crippen LogP contribution in [0, 0.1) is 0 Å². The first-order chi connectivity index (χ1) is 8.78. The maximum atomic E-state index is 5.30. The first kappa shape index (κ1) is 11.6. The number of nitrogens with zero attached hydrogens (tertiary/aromatic N) is 1. The quantitative estimate of drug-likeness (QED) is 0.876. The van der Waals surface area contributed by atoms with E-state index in [1.807, 2.05) is 6.07 Å². The van der Waals surface area contributed by atoms with Gasteiger partial charge in [-0.25, -0.2) is 0 Å². The summed E-state index contributed by atoms with van der Waals surface area (Å²) in [5.74, 6) is 0.930. The number of fused-ring (bicyclic) bond motifs is 1. The second kappa shape index (κ2) is 4.65. The average Bonchev–Trinajstić information content (AvgIpc) is 3.17. The van der Waals surface area contributed by atoms with Crippen molar-refractivity contribution in [3.63, 3.8) is 0 Å².